The molecular weight excluding hydrogens is 204 g/mol. The van der Waals surface area contributed by atoms with E-state index in [4.69, 9.17) is 4.74 Å². The highest BCUT2D eigenvalue weighted by Crippen LogP contribution is 2.16. The molecule has 1 aromatic heterocycles. The minimum Gasteiger partial charge on any atom is -0.462 e. The minimum absolute atomic E-state index is 0.222. The first-order valence-corrected chi connectivity index (χ1v) is 5.69. The van der Waals surface area contributed by atoms with Gasteiger partial charge in [-0.05, 0) is 45.8 Å². The fourth-order valence-electron chi connectivity index (χ4n) is 1.70. The van der Waals surface area contributed by atoms with E-state index in [0.717, 1.165) is 30.6 Å². The summed E-state index contributed by atoms with van der Waals surface area (Å²) in [4.78, 5) is 14.9. The number of carbonyl (C=O) groups excluding carboxylic acids is 1. The second-order valence-electron chi connectivity index (χ2n) is 3.75. The van der Waals surface area contributed by atoms with E-state index in [2.05, 4.69) is 10.3 Å². The molecule has 0 saturated heterocycles. The van der Waals surface area contributed by atoms with Crippen molar-refractivity contribution in [1.82, 2.24) is 10.3 Å². The van der Waals surface area contributed by atoms with Gasteiger partial charge in [0.15, 0.2) is 0 Å². The Labute approximate surface area is 96.4 Å². The molecule has 0 aliphatic heterocycles. The number of rotatable bonds is 6. The molecule has 1 heterocycles. The molecule has 1 aromatic rings. The van der Waals surface area contributed by atoms with Gasteiger partial charge in [-0.1, -0.05) is 0 Å². The summed E-state index contributed by atoms with van der Waals surface area (Å²) >= 11 is 0. The summed E-state index contributed by atoms with van der Waals surface area (Å²) in [6, 6.07) is 0. The van der Waals surface area contributed by atoms with Crippen LogP contribution in [0.5, 0.6) is 0 Å². The highest BCUT2D eigenvalue weighted by Gasteiger charge is 2.16. The Kier molecular flexibility index (Phi) is 5.05. The van der Waals surface area contributed by atoms with Crippen molar-refractivity contribution in [3.8, 4) is 0 Å². The highest BCUT2D eigenvalue weighted by molar-refractivity contribution is 5.92. The molecule has 0 amide bonds. The van der Waals surface area contributed by atoms with Gasteiger partial charge in [0, 0.05) is 11.9 Å². The average Bonchev–Trinajstić information content (AvgIpc) is 2.61. The number of ether oxygens (including phenoxy) is 1. The van der Waals surface area contributed by atoms with Crippen molar-refractivity contribution < 1.29 is 9.53 Å². The standard InChI is InChI=1S/C12H20N2O2/c1-4-16-12(15)11-9(2)8-14-10(11)6-5-7-13-3/h8,13-14H,4-7H2,1-3H3. The Morgan fingerprint density at radius 1 is 1.56 bits per heavy atom. The van der Waals surface area contributed by atoms with E-state index in [1.807, 2.05) is 27.1 Å². The summed E-state index contributed by atoms with van der Waals surface area (Å²) in [5.41, 5.74) is 2.64. The van der Waals surface area contributed by atoms with Crippen LogP contribution in [-0.4, -0.2) is 31.2 Å². The van der Waals surface area contributed by atoms with Crippen molar-refractivity contribution in [2.45, 2.75) is 26.7 Å². The molecule has 4 heteroatoms. The van der Waals surface area contributed by atoms with E-state index in [1.54, 1.807) is 0 Å². The lowest BCUT2D eigenvalue weighted by atomic mass is 10.1. The smallest absolute Gasteiger partial charge is 0.340 e. The van der Waals surface area contributed by atoms with Crippen LogP contribution in [0.3, 0.4) is 0 Å². The number of carbonyl (C=O) groups is 1. The van der Waals surface area contributed by atoms with Crippen molar-refractivity contribution in [1.29, 1.82) is 0 Å². The molecule has 0 aliphatic rings. The van der Waals surface area contributed by atoms with Gasteiger partial charge >= 0.3 is 5.97 Å². The number of esters is 1. The molecule has 0 aliphatic carbocycles. The zero-order chi connectivity index (χ0) is 12.0. The van der Waals surface area contributed by atoms with Gasteiger partial charge in [-0.2, -0.15) is 0 Å². The van der Waals surface area contributed by atoms with Crippen LogP contribution < -0.4 is 5.32 Å². The van der Waals surface area contributed by atoms with E-state index in [9.17, 15) is 4.79 Å². The number of nitrogens with one attached hydrogen (secondary N) is 2. The molecule has 0 bridgehead atoms. The SMILES string of the molecule is CCOC(=O)c1c(C)c[nH]c1CCCNC. The predicted octanol–water partition coefficient (Wildman–Crippen LogP) is 1.65. The highest BCUT2D eigenvalue weighted by atomic mass is 16.5. The van der Waals surface area contributed by atoms with E-state index >= 15 is 0 Å². The molecule has 0 fully saturated rings. The van der Waals surface area contributed by atoms with E-state index in [0.29, 0.717) is 12.2 Å². The maximum Gasteiger partial charge on any atom is 0.340 e. The number of aryl methyl sites for hydroxylation is 2. The zero-order valence-electron chi connectivity index (χ0n) is 10.2. The molecular formula is C12H20N2O2. The van der Waals surface area contributed by atoms with Crippen molar-refractivity contribution in [2.75, 3.05) is 20.2 Å². The summed E-state index contributed by atoms with van der Waals surface area (Å²) < 4.78 is 5.04. The van der Waals surface area contributed by atoms with Crippen LogP contribution >= 0.6 is 0 Å². The summed E-state index contributed by atoms with van der Waals surface area (Å²) in [5.74, 6) is -0.222. The molecule has 0 spiro atoms. The van der Waals surface area contributed by atoms with Crippen LogP contribution in [0.1, 0.15) is 35.0 Å². The number of aromatic amines is 1. The lowest BCUT2D eigenvalue weighted by molar-refractivity contribution is 0.0524. The van der Waals surface area contributed by atoms with Crippen LogP contribution in [0.25, 0.3) is 0 Å². The Balaban J connectivity index is 2.73. The fourth-order valence-corrected chi connectivity index (χ4v) is 1.70. The van der Waals surface area contributed by atoms with Crippen LogP contribution in [0.15, 0.2) is 6.20 Å². The van der Waals surface area contributed by atoms with Crippen molar-refractivity contribution >= 4 is 5.97 Å². The average molecular weight is 224 g/mol. The van der Waals surface area contributed by atoms with Gasteiger partial charge in [-0.3, -0.25) is 0 Å². The van der Waals surface area contributed by atoms with Crippen LogP contribution in [-0.2, 0) is 11.2 Å². The maximum atomic E-state index is 11.7. The molecule has 0 aromatic carbocycles. The Bertz CT molecular complexity index is 345. The van der Waals surface area contributed by atoms with Crippen LogP contribution in [0.4, 0.5) is 0 Å². The number of H-pyrrole nitrogens is 1. The Hall–Kier alpha value is -1.29. The Morgan fingerprint density at radius 2 is 2.31 bits per heavy atom. The van der Waals surface area contributed by atoms with Gasteiger partial charge < -0.3 is 15.0 Å². The Morgan fingerprint density at radius 3 is 2.94 bits per heavy atom. The normalized spacial score (nSPS) is 10.4. The lowest BCUT2D eigenvalue weighted by Crippen LogP contribution is -2.11. The van der Waals surface area contributed by atoms with Gasteiger partial charge in [0.2, 0.25) is 0 Å². The van der Waals surface area contributed by atoms with Gasteiger partial charge in [0.05, 0.1) is 12.2 Å². The minimum atomic E-state index is -0.222. The second-order valence-corrected chi connectivity index (χ2v) is 3.75. The van der Waals surface area contributed by atoms with E-state index in [-0.39, 0.29) is 5.97 Å². The topological polar surface area (TPSA) is 54.1 Å². The molecule has 0 unspecified atom stereocenters. The summed E-state index contributed by atoms with van der Waals surface area (Å²) in [5, 5.41) is 3.09. The number of hydrogen-bond donors (Lipinski definition) is 2. The van der Waals surface area contributed by atoms with Crippen LogP contribution in [0.2, 0.25) is 0 Å². The fraction of sp³-hybridized carbons (Fsp3) is 0.583. The summed E-state index contributed by atoms with van der Waals surface area (Å²) in [6.45, 7) is 5.10. The van der Waals surface area contributed by atoms with Crippen molar-refractivity contribution in [3.05, 3.63) is 23.0 Å². The quantitative estimate of drug-likeness (QED) is 0.570. The molecule has 0 atom stereocenters. The van der Waals surface area contributed by atoms with Crippen molar-refractivity contribution in [3.63, 3.8) is 0 Å². The van der Waals surface area contributed by atoms with Gasteiger partial charge in [0.25, 0.3) is 0 Å². The molecule has 0 radical (unpaired) electrons. The summed E-state index contributed by atoms with van der Waals surface area (Å²) in [7, 11) is 1.92. The molecule has 16 heavy (non-hydrogen) atoms. The predicted molar refractivity (Wildman–Crippen MR) is 63.7 cm³/mol. The van der Waals surface area contributed by atoms with Crippen molar-refractivity contribution in [2.24, 2.45) is 0 Å². The molecule has 0 saturated carbocycles. The van der Waals surface area contributed by atoms with Crippen LogP contribution in [0, 0.1) is 6.92 Å². The second kappa shape index (κ2) is 6.33. The first-order chi connectivity index (χ1) is 7.70. The van der Waals surface area contributed by atoms with E-state index in [1.165, 1.54) is 0 Å². The first-order valence-electron chi connectivity index (χ1n) is 5.69. The van der Waals surface area contributed by atoms with Gasteiger partial charge in [-0.15, -0.1) is 0 Å². The van der Waals surface area contributed by atoms with E-state index < -0.39 is 0 Å². The largest absolute Gasteiger partial charge is 0.462 e. The third-order valence-corrected chi connectivity index (χ3v) is 2.49. The third-order valence-electron chi connectivity index (χ3n) is 2.49. The molecule has 4 nitrogen and oxygen atoms in total. The lowest BCUT2D eigenvalue weighted by Gasteiger charge is -2.05. The first kappa shape index (κ1) is 12.8. The number of aromatic nitrogens is 1. The third kappa shape index (κ3) is 3.10. The summed E-state index contributed by atoms with van der Waals surface area (Å²) in [6.07, 6.45) is 3.73. The monoisotopic (exact) mass is 224 g/mol. The van der Waals surface area contributed by atoms with Gasteiger partial charge in [-0.25, -0.2) is 4.79 Å². The zero-order valence-corrected chi connectivity index (χ0v) is 10.2. The number of hydrogen-bond acceptors (Lipinski definition) is 3. The molecule has 2 N–H and O–H groups in total. The van der Waals surface area contributed by atoms with Gasteiger partial charge in [0.1, 0.15) is 0 Å². The molecule has 1 rings (SSSR count). The molecule has 90 valence electrons. The maximum absolute atomic E-state index is 11.7.